The van der Waals surface area contributed by atoms with Crippen molar-refractivity contribution in [3.63, 3.8) is 0 Å². The molecule has 5 heteroatoms. The minimum Gasteiger partial charge on any atom is -0.301 e. The second-order valence-corrected chi connectivity index (χ2v) is 2.50. The molecule has 0 saturated carbocycles. The Morgan fingerprint density at radius 3 is 2.38 bits per heavy atom. The number of hydrogen-bond donors (Lipinski definition) is 1. The second-order valence-electron chi connectivity index (χ2n) is 1.30. The second kappa shape index (κ2) is 3.20. The lowest BCUT2D eigenvalue weighted by Crippen LogP contribution is -1.87. The molecule has 0 fully saturated rings. The zero-order chi connectivity index (χ0) is 6.62. The van der Waals surface area contributed by atoms with Gasteiger partial charge in [-0.1, -0.05) is 6.92 Å². The third-order valence-corrected chi connectivity index (χ3v) is 0.967. The minimum absolute atomic E-state index is 0.0529. The van der Waals surface area contributed by atoms with E-state index in [-0.39, 0.29) is 6.61 Å². The van der Waals surface area contributed by atoms with E-state index in [4.69, 9.17) is 4.89 Å². The van der Waals surface area contributed by atoms with Crippen molar-refractivity contribution in [1.82, 2.24) is 0 Å². The summed E-state index contributed by atoms with van der Waals surface area (Å²) in [6, 6.07) is 0. The van der Waals surface area contributed by atoms with Gasteiger partial charge in [0.2, 0.25) is 0 Å². The Hall–Kier alpha value is 0.110. The van der Waals surface area contributed by atoms with Crippen molar-refractivity contribution in [1.29, 1.82) is 0 Å². The molecule has 0 rings (SSSR count). The molecular formula is C3H8O4P. The molecule has 49 valence electrons. The van der Waals surface area contributed by atoms with Crippen LogP contribution in [-0.2, 0) is 14.0 Å². The molecule has 0 aromatic carbocycles. The fourth-order valence-electron chi connectivity index (χ4n) is 0.207. The maximum Gasteiger partial charge on any atom is 0.499 e. The van der Waals surface area contributed by atoms with Gasteiger partial charge in [-0.25, -0.2) is 4.57 Å². The van der Waals surface area contributed by atoms with Crippen LogP contribution in [0.25, 0.3) is 0 Å². The molecule has 0 amide bonds. The normalized spacial score (nSPS) is 11.9. The van der Waals surface area contributed by atoms with Crippen molar-refractivity contribution in [2.24, 2.45) is 0 Å². The van der Waals surface area contributed by atoms with E-state index in [9.17, 15) is 9.46 Å². The molecule has 0 bridgehead atoms. The van der Waals surface area contributed by atoms with Gasteiger partial charge in [0.25, 0.3) is 0 Å². The molecule has 4 nitrogen and oxygen atoms in total. The molecule has 1 N–H and O–H groups in total. The Kier molecular flexibility index (Phi) is 3.24. The van der Waals surface area contributed by atoms with Crippen molar-refractivity contribution < 1.29 is 18.9 Å². The molecule has 0 aromatic rings. The summed E-state index contributed by atoms with van der Waals surface area (Å²) in [6.45, 7) is 1.80. The van der Waals surface area contributed by atoms with Gasteiger partial charge in [-0.05, 0) is 6.42 Å². The Bertz CT molecular complexity index is 95.5. The van der Waals surface area contributed by atoms with E-state index < -0.39 is 7.82 Å². The third-order valence-electron chi connectivity index (χ3n) is 0.459. The summed E-state index contributed by atoms with van der Waals surface area (Å²) < 4.78 is 13.7. The summed E-state index contributed by atoms with van der Waals surface area (Å²) in [7, 11) is -4.43. The van der Waals surface area contributed by atoms with Gasteiger partial charge in [-0.3, -0.25) is 4.52 Å². The van der Waals surface area contributed by atoms with Gasteiger partial charge in [0.1, 0.15) is 0 Å². The fraction of sp³-hybridized carbons (Fsp3) is 1.00. The Morgan fingerprint density at radius 1 is 1.75 bits per heavy atom. The van der Waals surface area contributed by atoms with Gasteiger partial charge in [0.05, 0.1) is 6.61 Å². The highest BCUT2D eigenvalue weighted by Crippen LogP contribution is 2.36. The molecule has 0 aliphatic carbocycles. The molecule has 0 heterocycles. The van der Waals surface area contributed by atoms with Crippen LogP contribution in [0.1, 0.15) is 13.3 Å². The van der Waals surface area contributed by atoms with E-state index in [1.807, 2.05) is 0 Å². The summed E-state index contributed by atoms with van der Waals surface area (Å²) in [5.41, 5.74) is 0. The smallest absolute Gasteiger partial charge is 0.301 e. The lowest BCUT2D eigenvalue weighted by Gasteiger charge is -1.98. The Morgan fingerprint density at radius 2 is 2.25 bits per heavy atom. The van der Waals surface area contributed by atoms with Crippen molar-refractivity contribution in [3.8, 4) is 0 Å². The molecule has 0 aromatic heterocycles. The summed E-state index contributed by atoms with van der Waals surface area (Å²) >= 11 is 0. The highest BCUT2D eigenvalue weighted by molar-refractivity contribution is 7.46. The highest BCUT2D eigenvalue weighted by Gasteiger charge is 2.14. The van der Waals surface area contributed by atoms with Crippen LogP contribution < -0.4 is 0 Å². The van der Waals surface area contributed by atoms with Crippen LogP contribution in [0, 0.1) is 0 Å². The van der Waals surface area contributed by atoms with Crippen LogP contribution in [0.4, 0.5) is 0 Å². The first-order valence-corrected chi connectivity index (χ1v) is 3.74. The van der Waals surface area contributed by atoms with Crippen LogP contribution in [-0.4, -0.2) is 11.5 Å². The van der Waals surface area contributed by atoms with Gasteiger partial charge in [-0.15, -0.1) is 4.89 Å². The zero-order valence-electron chi connectivity index (χ0n) is 4.53. The zero-order valence-corrected chi connectivity index (χ0v) is 5.43. The first kappa shape index (κ1) is 8.11. The van der Waals surface area contributed by atoms with E-state index in [2.05, 4.69) is 4.52 Å². The largest absolute Gasteiger partial charge is 0.499 e. The molecule has 0 saturated heterocycles. The fourth-order valence-corrected chi connectivity index (χ4v) is 0.620. The van der Waals surface area contributed by atoms with Crippen molar-refractivity contribution >= 4 is 7.82 Å². The molecule has 0 aliphatic rings. The van der Waals surface area contributed by atoms with Crippen molar-refractivity contribution in [2.45, 2.75) is 13.3 Å². The monoisotopic (exact) mass is 139 g/mol. The molecular weight excluding hydrogens is 131 g/mol. The average Bonchev–Trinajstić information content (AvgIpc) is 1.59. The predicted molar refractivity (Wildman–Crippen MR) is 26.8 cm³/mol. The van der Waals surface area contributed by atoms with E-state index in [1.165, 1.54) is 0 Å². The minimum atomic E-state index is -4.43. The molecule has 1 atom stereocenters. The quantitative estimate of drug-likeness (QED) is 0.591. The predicted octanol–water partition coefficient (Wildman–Crippen LogP) is 0.944. The van der Waals surface area contributed by atoms with E-state index in [1.54, 1.807) is 6.92 Å². The topological polar surface area (TPSA) is 66.4 Å². The highest BCUT2D eigenvalue weighted by atomic mass is 31.2. The van der Waals surface area contributed by atoms with E-state index in [0.29, 0.717) is 6.42 Å². The van der Waals surface area contributed by atoms with E-state index in [0.717, 1.165) is 0 Å². The van der Waals surface area contributed by atoms with Crippen LogP contribution in [0.15, 0.2) is 0 Å². The number of hydrogen-bond acceptors (Lipinski definition) is 2. The maximum atomic E-state index is 9.75. The summed E-state index contributed by atoms with van der Waals surface area (Å²) in [5, 5.41) is 0. The molecule has 0 spiro atoms. The maximum absolute atomic E-state index is 9.75. The van der Waals surface area contributed by atoms with Crippen LogP contribution in [0.3, 0.4) is 0 Å². The van der Waals surface area contributed by atoms with E-state index >= 15 is 0 Å². The third kappa shape index (κ3) is 6.11. The Balaban J connectivity index is 3.26. The van der Waals surface area contributed by atoms with Crippen LogP contribution in [0.2, 0.25) is 0 Å². The molecule has 0 aliphatic heterocycles. The Labute approximate surface area is 47.7 Å². The van der Waals surface area contributed by atoms with Crippen LogP contribution >= 0.6 is 7.82 Å². The number of rotatable bonds is 3. The van der Waals surface area contributed by atoms with Gasteiger partial charge < -0.3 is 4.89 Å². The van der Waals surface area contributed by atoms with Gasteiger partial charge in [-0.2, -0.15) is 0 Å². The lowest BCUT2D eigenvalue weighted by atomic mass is 10.5. The van der Waals surface area contributed by atoms with Crippen LogP contribution in [0.5, 0.6) is 0 Å². The molecule has 8 heavy (non-hydrogen) atoms. The average molecular weight is 139 g/mol. The summed E-state index contributed by atoms with van der Waals surface area (Å²) in [5.74, 6) is 0. The van der Waals surface area contributed by atoms with Crippen molar-refractivity contribution in [2.75, 3.05) is 6.61 Å². The van der Waals surface area contributed by atoms with Crippen molar-refractivity contribution in [3.05, 3.63) is 0 Å². The van der Waals surface area contributed by atoms with Gasteiger partial charge >= 0.3 is 7.82 Å². The SMILES string of the molecule is CCCOP([O])(=O)O. The first-order valence-electron chi connectivity index (χ1n) is 2.24. The summed E-state index contributed by atoms with van der Waals surface area (Å²) in [4.78, 5) is 17.7. The standard InChI is InChI=1S/C3H8O4P/c1-2-3-7-8(4,5)6/h2-3H2,1H3,(H,4,5). The van der Waals surface area contributed by atoms with Gasteiger partial charge in [0.15, 0.2) is 0 Å². The lowest BCUT2D eigenvalue weighted by molar-refractivity contribution is 0.171. The molecule has 1 unspecified atom stereocenters. The van der Waals surface area contributed by atoms with Gasteiger partial charge in [0, 0.05) is 0 Å². The summed E-state index contributed by atoms with van der Waals surface area (Å²) in [6.07, 6.45) is 0.576. The molecule has 1 radical (unpaired) electrons. The first-order chi connectivity index (χ1) is 3.56.